The third-order valence-corrected chi connectivity index (χ3v) is 4.14. The van der Waals surface area contributed by atoms with Crippen LogP contribution in [0.4, 0.5) is 0 Å². The van der Waals surface area contributed by atoms with Gasteiger partial charge in [0.1, 0.15) is 18.1 Å². The number of carbonyl (C=O) groups excluding carboxylic acids is 4. The second-order valence-corrected chi connectivity index (χ2v) is 7.10. The molecule has 0 aromatic carbocycles. The Hall–Kier alpha value is -2.81. The number of aliphatic hydroxyl groups excluding tert-OH is 3. The number of nitrogens with one attached hydrogen (secondary N) is 4. The molecule has 0 unspecified atom stereocenters. The van der Waals surface area contributed by atoms with Crippen molar-refractivity contribution < 1.29 is 44.4 Å². The van der Waals surface area contributed by atoms with Gasteiger partial charge >= 0.3 is 5.97 Å². The van der Waals surface area contributed by atoms with E-state index >= 15 is 0 Å². The summed E-state index contributed by atoms with van der Waals surface area (Å²) in [7, 11) is 0. The van der Waals surface area contributed by atoms with Crippen LogP contribution in [-0.2, 0) is 24.0 Å². The van der Waals surface area contributed by atoms with Gasteiger partial charge in [-0.2, -0.15) is 0 Å². The maximum Gasteiger partial charge on any atom is 0.328 e. The normalized spacial score (nSPS) is 15.7. The standard InChI is InChI=1S/C17H31N5O9/c1-7(2)12(18)15(28)22-13(8(3)25)16(29)19-4-11(26)20-9(5-23)14(27)21-10(6-24)17(30)31/h7-10,12-13,23-25H,4-6,18H2,1-3H3,(H,19,29)(H,20,26)(H,21,27)(H,22,28)(H,30,31)/t8-,9+,10+,12+,13+/m1/s1. The van der Waals surface area contributed by atoms with Gasteiger partial charge in [-0.15, -0.1) is 0 Å². The predicted octanol–water partition coefficient (Wildman–Crippen LogP) is -5.01. The lowest BCUT2D eigenvalue weighted by Gasteiger charge is -2.24. The molecule has 0 aliphatic rings. The van der Waals surface area contributed by atoms with E-state index in [1.807, 2.05) is 5.32 Å². The maximum atomic E-state index is 12.2. The molecule has 31 heavy (non-hydrogen) atoms. The molecule has 0 radical (unpaired) electrons. The van der Waals surface area contributed by atoms with Crippen LogP contribution >= 0.6 is 0 Å². The summed E-state index contributed by atoms with van der Waals surface area (Å²) in [6.07, 6.45) is -1.31. The van der Waals surface area contributed by atoms with Crippen molar-refractivity contribution in [1.29, 1.82) is 0 Å². The second kappa shape index (κ2) is 13.5. The first kappa shape index (κ1) is 28.2. The Labute approximate surface area is 178 Å². The number of hydrogen-bond donors (Lipinski definition) is 9. The summed E-state index contributed by atoms with van der Waals surface area (Å²) in [5.41, 5.74) is 5.69. The lowest BCUT2D eigenvalue weighted by atomic mass is 10.0. The quantitative estimate of drug-likeness (QED) is 0.130. The summed E-state index contributed by atoms with van der Waals surface area (Å²) in [4.78, 5) is 59.0. The highest BCUT2D eigenvalue weighted by Crippen LogP contribution is 2.01. The fourth-order valence-corrected chi connectivity index (χ4v) is 2.13. The molecule has 0 bridgehead atoms. The average molecular weight is 449 g/mol. The highest BCUT2D eigenvalue weighted by Gasteiger charge is 2.30. The summed E-state index contributed by atoms with van der Waals surface area (Å²) in [5.74, 6) is -5.31. The molecule has 0 fully saturated rings. The number of carbonyl (C=O) groups is 5. The zero-order valence-electron chi connectivity index (χ0n) is 17.5. The molecule has 0 saturated carbocycles. The molecule has 14 heteroatoms. The van der Waals surface area contributed by atoms with Crippen LogP contribution in [0.2, 0.25) is 0 Å². The van der Waals surface area contributed by atoms with Crippen molar-refractivity contribution in [3.05, 3.63) is 0 Å². The van der Waals surface area contributed by atoms with Crippen LogP contribution in [0.15, 0.2) is 0 Å². The Morgan fingerprint density at radius 3 is 1.81 bits per heavy atom. The van der Waals surface area contributed by atoms with Crippen molar-refractivity contribution >= 4 is 29.6 Å². The molecule has 0 aliphatic heterocycles. The largest absolute Gasteiger partial charge is 0.480 e. The van der Waals surface area contributed by atoms with E-state index in [4.69, 9.17) is 15.9 Å². The van der Waals surface area contributed by atoms with Gasteiger partial charge in [0.05, 0.1) is 31.9 Å². The fraction of sp³-hybridized carbons (Fsp3) is 0.706. The molecule has 0 saturated heterocycles. The molecular formula is C17H31N5O9. The molecule has 0 heterocycles. The van der Waals surface area contributed by atoms with Crippen molar-refractivity contribution in [1.82, 2.24) is 21.3 Å². The smallest absolute Gasteiger partial charge is 0.328 e. The Morgan fingerprint density at radius 2 is 1.39 bits per heavy atom. The van der Waals surface area contributed by atoms with Crippen molar-refractivity contribution in [2.75, 3.05) is 19.8 Å². The van der Waals surface area contributed by atoms with E-state index in [2.05, 4.69) is 16.0 Å². The molecular weight excluding hydrogens is 418 g/mol. The lowest BCUT2D eigenvalue weighted by molar-refractivity contribution is -0.143. The third kappa shape index (κ3) is 9.69. The van der Waals surface area contributed by atoms with Gasteiger partial charge in [-0.25, -0.2) is 4.79 Å². The van der Waals surface area contributed by atoms with Crippen LogP contribution in [0.5, 0.6) is 0 Å². The SMILES string of the molecule is CC(C)[C@H](N)C(=O)N[C@H](C(=O)NCC(=O)N[C@@H](CO)C(=O)N[C@@H](CO)C(=O)O)[C@@H](C)O. The first-order valence-electron chi connectivity index (χ1n) is 9.41. The number of hydrogen-bond acceptors (Lipinski definition) is 9. The number of rotatable bonds is 13. The molecule has 14 nitrogen and oxygen atoms in total. The Kier molecular flexibility index (Phi) is 12.3. The minimum atomic E-state index is -1.63. The van der Waals surface area contributed by atoms with E-state index < -0.39 is 79.6 Å². The number of aliphatic hydroxyl groups is 3. The van der Waals surface area contributed by atoms with Gasteiger partial charge in [-0.1, -0.05) is 13.8 Å². The summed E-state index contributed by atoms with van der Waals surface area (Å²) in [6, 6.07) is -5.50. The van der Waals surface area contributed by atoms with Crippen molar-refractivity contribution in [2.24, 2.45) is 11.7 Å². The zero-order chi connectivity index (χ0) is 24.3. The summed E-state index contributed by atoms with van der Waals surface area (Å²) in [6.45, 7) is 2.16. The van der Waals surface area contributed by atoms with Crippen molar-refractivity contribution in [3.63, 3.8) is 0 Å². The van der Waals surface area contributed by atoms with Crippen LogP contribution in [0.25, 0.3) is 0 Å². The second-order valence-electron chi connectivity index (χ2n) is 7.10. The monoisotopic (exact) mass is 449 g/mol. The van der Waals surface area contributed by atoms with Crippen LogP contribution in [0.1, 0.15) is 20.8 Å². The first-order valence-corrected chi connectivity index (χ1v) is 9.41. The van der Waals surface area contributed by atoms with Gasteiger partial charge in [-0.3, -0.25) is 19.2 Å². The Balaban J connectivity index is 4.85. The van der Waals surface area contributed by atoms with Crippen molar-refractivity contribution in [3.8, 4) is 0 Å². The third-order valence-electron chi connectivity index (χ3n) is 4.14. The van der Waals surface area contributed by atoms with Crippen LogP contribution in [0.3, 0.4) is 0 Å². The van der Waals surface area contributed by atoms with Gasteiger partial charge in [-0.05, 0) is 12.8 Å². The summed E-state index contributed by atoms with van der Waals surface area (Å²) < 4.78 is 0. The zero-order valence-corrected chi connectivity index (χ0v) is 17.5. The minimum Gasteiger partial charge on any atom is -0.480 e. The van der Waals surface area contributed by atoms with E-state index in [1.54, 1.807) is 13.8 Å². The van der Waals surface area contributed by atoms with Crippen LogP contribution in [-0.4, -0.2) is 100 Å². The lowest BCUT2D eigenvalue weighted by Crippen LogP contribution is -2.58. The van der Waals surface area contributed by atoms with E-state index in [0.717, 1.165) is 0 Å². The molecule has 178 valence electrons. The molecule has 0 aromatic rings. The molecule has 5 atom stereocenters. The number of amides is 4. The van der Waals surface area contributed by atoms with E-state index in [1.165, 1.54) is 6.92 Å². The highest BCUT2D eigenvalue weighted by atomic mass is 16.4. The van der Waals surface area contributed by atoms with Gasteiger partial charge in [0, 0.05) is 0 Å². The summed E-state index contributed by atoms with van der Waals surface area (Å²) in [5, 5.41) is 45.1. The van der Waals surface area contributed by atoms with E-state index in [0.29, 0.717) is 0 Å². The Bertz CT molecular complexity index is 656. The van der Waals surface area contributed by atoms with Gasteiger partial charge in [0.2, 0.25) is 23.6 Å². The van der Waals surface area contributed by atoms with E-state index in [-0.39, 0.29) is 5.92 Å². The molecule has 0 rings (SSSR count). The topological polar surface area (TPSA) is 240 Å². The number of carboxylic acid groups (broad SMARTS) is 1. The minimum absolute atomic E-state index is 0.225. The summed E-state index contributed by atoms with van der Waals surface area (Å²) >= 11 is 0. The molecule has 0 aliphatic carbocycles. The van der Waals surface area contributed by atoms with Crippen LogP contribution < -0.4 is 27.0 Å². The van der Waals surface area contributed by atoms with E-state index in [9.17, 15) is 34.2 Å². The molecule has 10 N–H and O–H groups in total. The number of carboxylic acids is 1. The van der Waals surface area contributed by atoms with Crippen LogP contribution in [0, 0.1) is 5.92 Å². The predicted molar refractivity (Wildman–Crippen MR) is 105 cm³/mol. The van der Waals surface area contributed by atoms with Gasteiger partial charge in [0.25, 0.3) is 0 Å². The number of nitrogens with two attached hydrogens (primary N) is 1. The molecule has 4 amide bonds. The Morgan fingerprint density at radius 1 is 0.839 bits per heavy atom. The maximum absolute atomic E-state index is 12.2. The average Bonchev–Trinajstić information content (AvgIpc) is 2.70. The molecule has 0 aromatic heterocycles. The van der Waals surface area contributed by atoms with Gasteiger partial charge in [0.15, 0.2) is 0 Å². The number of aliphatic carboxylic acids is 1. The molecule has 0 spiro atoms. The van der Waals surface area contributed by atoms with Gasteiger partial charge < -0.3 is 47.4 Å². The highest BCUT2D eigenvalue weighted by molar-refractivity contribution is 5.94. The fourth-order valence-electron chi connectivity index (χ4n) is 2.13. The van der Waals surface area contributed by atoms with Crippen molar-refractivity contribution in [2.45, 2.75) is 51.0 Å². The first-order chi connectivity index (χ1) is 14.3.